The van der Waals surface area contributed by atoms with Gasteiger partial charge in [0.05, 0.1) is 11.6 Å². The molecule has 6 rings (SSSR count). The number of aliphatic hydroxyl groups excluding tert-OH is 2. The van der Waals surface area contributed by atoms with Crippen molar-refractivity contribution in [3.8, 4) is 16.9 Å². The van der Waals surface area contributed by atoms with Crippen LogP contribution in [-0.2, 0) is 16.0 Å². The van der Waals surface area contributed by atoms with E-state index in [0.717, 1.165) is 11.1 Å². The van der Waals surface area contributed by atoms with Crippen LogP contribution in [0, 0.1) is 11.8 Å². The van der Waals surface area contributed by atoms with Crippen molar-refractivity contribution in [2.45, 2.75) is 24.5 Å². The first-order chi connectivity index (χ1) is 19.4. The third kappa shape index (κ3) is 3.73. The van der Waals surface area contributed by atoms with Gasteiger partial charge in [-0.1, -0.05) is 41.9 Å². The number of halogens is 1. The highest BCUT2D eigenvalue weighted by atomic mass is 35.5. The lowest BCUT2D eigenvalue weighted by Gasteiger charge is -2.50. The average molecular weight is 575 g/mol. The molecule has 0 saturated heterocycles. The first kappa shape index (κ1) is 27.0. The monoisotopic (exact) mass is 574 g/mol. The second kappa shape index (κ2) is 9.17. The van der Waals surface area contributed by atoms with Crippen LogP contribution in [-0.4, -0.2) is 68.5 Å². The highest BCUT2D eigenvalue weighted by Gasteiger charge is 2.63. The van der Waals surface area contributed by atoms with Crippen LogP contribution in [0.3, 0.4) is 0 Å². The zero-order valence-corrected chi connectivity index (χ0v) is 22.9. The number of hydrogen-bond acceptors (Lipinski definition) is 8. The molecule has 1 amide bonds. The van der Waals surface area contributed by atoms with Gasteiger partial charge in [0, 0.05) is 21.9 Å². The predicted molar refractivity (Wildman–Crippen MR) is 152 cm³/mol. The lowest BCUT2D eigenvalue weighted by Crippen LogP contribution is -2.63. The normalized spacial score (nSPS) is 25.8. The van der Waals surface area contributed by atoms with Crippen LogP contribution in [0.1, 0.15) is 22.3 Å². The number of rotatable bonds is 3. The van der Waals surface area contributed by atoms with Gasteiger partial charge in [-0.25, -0.2) is 0 Å². The Balaban J connectivity index is 1.52. The maximum absolute atomic E-state index is 14.0. The summed E-state index contributed by atoms with van der Waals surface area (Å²) < 4.78 is 0. The lowest BCUT2D eigenvalue weighted by molar-refractivity contribution is -0.148. The summed E-state index contributed by atoms with van der Waals surface area (Å²) in [4.78, 5) is 41.1. The van der Waals surface area contributed by atoms with E-state index in [4.69, 9.17) is 17.3 Å². The van der Waals surface area contributed by atoms with Crippen molar-refractivity contribution < 1.29 is 34.8 Å². The standard InChI is InChI=1S/C31H27ClN2O7/c1-34(2)24-20-12-17-9-16-8-15-7-6-14(13-4-3-5-18(32)10-13)11-19(15)25(35)21(16)26(36)22(17)28(38)31(20,41)29(39)23(27(24)37)30(33)40/h3-8,10-11,17,20,24,35,37-38,41H,9,12H2,1-2H3,(H2,33,40)/t17-,20-,24-,31-/m0/s1. The SMILES string of the molecule is CN(C)[C@@H]1C(O)=C(C(N)=O)C(=O)[C@@]2(O)C(O)=C3C(=O)c4c(cc5ccc(-c6cccc(Cl)c6)cc5c4O)C[C@H]3C[C@@H]12. The van der Waals surface area contributed by atoms with Crippen LogP contribution in [0.4, 0.5) is 0 Å². The van der Waals surface area contributed by atoms with Crippen LogP contribution in [0.15, 0.2) is 71.2 Å². The number of phenolic OH excluding ortho intramolecular Hbond substituents is 1. The van der Waals surface area contributed by atoms with Gasteiger partial charge in [-0.15, -0.1) is 0 Å². The van der Waals surface area contributed by atoms with E-state index in [1.807, 2.05) is 24.3 Å². The van der Waals surface area contributed by atoms with Crippen LogP contribution >= 0.6 is 11.6 Å². The molecular weight excluding hydrogens is 548 g/mol. The summed E-state index contributed by atoms with van der Waals surface area (Å²) in [6.07, 6.45) is 0.270. The van der Waals surface area contributed by atoms with Crippen molar-refractivity contribution in [1.29, 1.82) is 0 Å². The third-order valence-electron chi connectivity index (χ3n) is 8.68. The number of carbonyl (C=O) groups excluding carboxylic acids is 3. The van der Waals surface area contributed by atoms with Crippen LogP contribution < -0.4 is 5.73 Å². The predicted octanol–water partition coefficient (Wildman–Crippen LogP) is 3.59. The van der Waals surface area contributed by atoms with Crippen LogP contribution in [0.25, 0.3) is 21.9 Å². The van der Waals surface area contributed by atoms with Crippen molar-refractivity contribution in [3.63, 3.8) is 0 Å². The molecule has 0 unspecified atom stereocenters. The number of amides is 1. The number of aliphatic hydroxyl groups is 3. The number of benzene rings is 3. The number of nitrogens with zero attached hydrogens (tertiary/aromatic N) is 1. The molecule has 0 fully saturated rings. The zero-order valence-electron chi connectivity index (χ0n) is 22.2. The van der Waals surface area contributed by atoms with Crippen molar-refractivity contribution in [1.82, 2.24) is 4.90 Å². The van der Waals surface area contributed by atoms with E-state index in [1.165, 1.54) is 4.90 Å². The number of ketones is 2. The van der Waals surface area contributed by atoms with Gasteiger partial charge in [-0.3, -0.25) is 19.3 Å². The number of nitrogens with two attached hydrogens (primary N) is 1. The maximum Gasteiger partial charge on any atom is 0.255 e. The van der Waals surface area contributed by atoms with Gasteiger partial charge in [-0.2, -0.15) is 0 Å². The van der Waals surface area contributed by atoms with Gasteiger partial charge in [0.1, 0.15) is 22.8 Å². The minimum atomic E-state index is -2.67. The third-order valence-corrected chi connectivity index (χ3v) is 8.92. The van der Waals surface area contributed by atoms with Gasteiger partial charge >= 0.3 is 0 Å². The molecule has 0 bridgehead atoms. The van der Waals surface area contributed by atoms with Gasteiger partial charge in [0.2, 0.25) is 5.78 Å². The number of phenols is 1. The first-order valence-corrected chi connectivity index (χ1v) is 13.4. The summed E-state index contributed by atoms with van der Waals surface area (Å²) in [6.45, 7) is 0. The fourth-order valence-corrected chi connectivity index (χ4v) is 7.05. The van der Waals surface area contributed by atoms with Crippen molar-refractivity contribution >= 4 is 39.8 Å². The van der Waals surface area contributed by atoms with Crippen LogP contribution in [0.5, 0.6) is 5.75 Å². The number of allylic oxidation sites excluding steroid dienone is 1. The van der Waals surface area contributed by atoms with E-state index in [1.54, 1.807) is 38.4 Å². The molecule has 0 radical (unpaired) electrons. The Morgan fingerprint density at radius 1 is 1.05 bits per heavy atom. The average Bonchev–Trinajstić information content (AvgIpc) is 2.90. The first-order valence-electron chi connectivity index (χ1n) is 13.1. The Hall–Kier alpha value is -4.18. The summed E-state index contributed by atoms with van der Waals surface area (Å²) in [5, 5.41) is 47.1. The molecule has 0 heterocycles. The maximum atomic E-state index is 14.0. The molecule has 3 aromatic carbocycles. The highest BCUT2D eigenvalue weighted by molar-refractivity contribution is 6.31. The summed E-state index contributed by atoms with van der Waals surface area (Å²) in [7, 11) is 3.18. The molecule has 3 aliphatic rings. The number of carbonyl (C=O) groups is 3. The molecule has 3 aromatic rings. The summed E-state index contributed by atoms with van der Waals surface area (Å²) in [5.74, 6) is -6.69. The number of fused-ring (bicyclic) bond motifs is 4. The molecule has 10 heteroatoms. The Morgan fingerprint density at radius 2 is 1.76 bits per heavy atom. The van der Waals surface area contributed by atoms with Gasteiger partial charge in [0.25, 0.3) is 5.91 Å². The van der Waals surface area contributed by atoms with Gasteiger partial charge in [0.15, 0.2) is 11.4 Å². The number of primary amides is 1. The van der Waals surface area contributed by atoms with E-state index in [2.05, 4.69) is 0 Å². The Kier molecular flexibility index (Phi) is 6.04. The van der Waals surface area contributed by atoms with E-state index >= 15 is 0 Å². The molecule has 0 aromatic heterocycles. The van der Waals surface area contributed by atoms with E-state index in [9.17, 15) is 34.8 Å². The molecule has 3 aliphatic carbocycles. The van der Waals surface area contributed by atoms with E-state index < -0.39 is 58.0 Å². The highest BCUT2D eigenvalue weighted by Crippen LogP contribution is 2.52. The molecule has 210 valence electrons. The molecule has 0 saturated carbocycles. The fourth-order valence-electron chi connectivity index (χ4n) is 6.86. The molecule has 9 nitrogen and oxygen atoms in total. The van der Waals surface area contributed by atoms with Gasteiger partial charge < -0.3 is 26.2 Å². The molecule has 0 spiro atoms. The molecular formula is C31H27ClN2O7. The Labute approximate surface area is 239 Å². The van der Waals surface area contributed by atoms with Crippen molar-refractivity contribution in [2.75, 3.05) is 14.1 Å². The summed E-state index contributed by atoms with van der Waals surface area (Å²) in [5.41, 5.74) is 3.80. The Bertz CT molecular complexity index is 1780. The lowest BCUT2D eigenvalue weighted by atomic mass is 9.58. The Morgan fingerprint density at radius 3 is 2.41 bits per heavy atom. The molecule has 41 heavy (non-hydrogen) atoms. The summed E-state index contributed by atoms with van der Waals surface area (Å²) >= 11 is 6.16. The van der Waals surface area contributed by atoms with Crippen molar-refractivity contribution in [3.05, 3.63) is 87.3 Å². The van der Waals surface area contributed by atoms with E-state index in [0.29, 0.717) is 21.4 Å². The quantitative estimate of drug-likeness (QED) is 0.296. The fraction of sp³-hybridized carbons (Fsp3) is 0.258. The minimum Gasteiger partial charge on any atom is -0.510 e. The van der Waals surface area contributed by atoms with E-state index in [-0.39, 0.29) is 29.7 Å². The van der Waals surface area contributed by atoms with Crippen molar-refractivity contribution in [2.24, 2.45) is 17.6 Å². The number of hydrogen-bond donors (Lipinski definition) is 5. The second-order valence-corrected chi connectivity index (χ2v) is 11.6. The molecule has 4 atom stereocenters. The van der Waals surface area contributed by atoms with Crippen LogP contribution in [0.2, 0.25) is 5.02 Å². The number of aromatic hydroxyl groups is 1. The number of likely N-dealkylation sites (N-methyl/N-ethyl adjacent to an activating group) is 1. The topological polar surface area (TPSA) is 161 Å². The smallest absolute Gasteiger partial charge is 0.255 e. The number of Topliss-reactive ketones (excluding diaryl/α,β-unsaturated/α-hetero) is 2. The van der Waals surface area contributed by atoms with Gasteiger partial charge in [-0.05, 0) is 73.1 Å². The summed E-state index contributed by atoms with van der Waals surface area (Å²) in [6, 6.07) is 13.5. The second-order valence-electron chi connectivity index (χ2n) is 11.2. The largest absolute Gasteiger partial charge is 0.510 e. The minimum absolute atomic E-state index is 0.0264. The molecule has 6 N–H and O–H groups in total. The zero-order chi connectivity index (χ0) is 29.5. The molecule has 0 aliphatic heterocycles.